The molecule has 0 bridgehead atoms. The Hall–Kier alpha value is -0.410. The van der Waals surface area contributed by atoms with E-state index in [1.807, 2.05) is 20.8 Å². The second-order valence-electron chi connectivity index (χ2n) is 6.29. The Bertz CT molecular complexity index is 257. The minimum Gasteiger partial charge on any atom is -0.299 e. The second-order valence-corrected chi connectivity index (χ2v) is 6.29. The van der Waals surface area contributed by atoms with Gasteiger partial charge >= 0.3 is 0 Å². The molecule has 0 amide bonds. The number of likely N-dealkylation sites (N-methyl/N-ethyl adjacent to an activating group) is 2. The maximum absolute atomic E-state index is 11.9. The first kappa shape index (κ1) is 14.7. The van der Waals surface area contributed by atoms with E-state index in [2.05, 4.69) is 23.8 Å². The van der Waals surface area contributed by atoms with Gasteiger partial charge in [0.05, 0.1) is 6.54 Å². The number of hydrogen-bond acceptors (Lipinski definition) is 3. The number of Topliss-reactive ketones (excluding diaryl/α,β-unsaturated/α-hetero) is 1. The highest BCUT2D eigenvalue weighted by Gasteiger charge is 2.26. The third kappa shape index (κ3) is 4.40. The van der Waals surface area contributed by atoms with Crippen LogP contribution in [0.3, 0.4) is 0 Å². The van der Waals surface area contributed by atoms with Gasteiger partial charge in [-0.25, -0.2) is 0 Å². The third-order valence-corrected chi connectivity index (χ3v) is 3.68. The van der Waals surface area contributed by atoms with E-state index in [1.165, 1.54) is 19.4 Å². The molecule has 1 aliphatic heterocycles. The fourth-order valence-corrected chi connectivity index (χ4v) is 2.42. The number of carbonyl (C=O) groups is 1. The molecule has 1 aliphatic rings. The monoisotopic (exact) mass is 240 g/mol. The predicted molar refractivity (Wildman–Crippen MR) is 72.2 cm³/mol. The van der Waals surface area contributed by atoms with Crippen LogP contribution in [0.4, 0.5) is 0 Å². The van der Waals surface area contributed by atoms with Crippen LogP contribution in [0.5, 0.6) is 0 Å². The molecular formula is C14H28N2O. The molecule has 0 aromatic heterocycles. The van der Waals surface area contributed by atoms with Gasteiger partial charge in [0.25, 0.3) is 0 Å². The first-order valence-electron chi connectivity index (χ1n) is 6.80. The molecule has 0 radical (unpaired) electrons. The van der Waals surface area contributed by atoms with Crippen molar-refractivity contribution in [3.05, 3.63) is 0 Å². The average molecular weight is 240 g/mol. The molecule has 0 aliphatic carbocycles. The molecule has 1 fully saturated rings. The number of ketones is 1. The van der Waals surface area contributed by atoms with Crippen LogP contribution < -0.4 is 0 Å². The van der Waals surface area contributed by atoms with Gasteiger partial charge in [0, 0.05) is 18.0 Å². The van der Waals surface area contributed by atoms with E-state index in [0.29, 0.717) is 18.4 Å². The summed E-state index contributed by atoms with van der Waals surface area (Å²) < 4.78 is 0. The minimum absolute atomic E-state index is 0.214. The number of rotatable bonds is 5. The number of nitrogens with zero attached hydrogens (tertiary/aromatic N) is 2. The lowest BCUT2D eigenvalue weighted by molar-refractivity contribution is -0.127. The fraction of sp³-hybridized carbons (Fsp3) is 0.929. The summed E-state index contributed by atoms with van der Waals surface area (Å²) in [5.41, 5.74) is -0.214. The molecule has 3 heteroatoms. The SMILES string of the molecule is CCN1CCCC1CN(C)CC(=O)C(C)(C)C. The number of carbonyl (C=O) groups excluding carboxylic acids is 1. The van der Waals surface area contributed by atoms with E-state index < -0.39 is 0 Å². The highest BCUT2D eigenvalue weighted by Crippen LogP contribution is 2.19. The predicted octanol–water partition coefficient (Wildman–Crippen LogP) is 2.02. The summed E-state index contributed by atoms with van der Waals surface area (Å²) in [5, 5.41) is 0. The van der Waals surface area contributed by atoms with E-state index in [1.54, 1.807) is 0 Å². The van der Waals surface area contributed by atoms with Gasteiger partial charge in [-0.05, 0) is 33.0 Å². The summed E-state index contributed by atoms with van der Waals surface area (Å²) in [5.74, 6) is 0.334. The second kappa shape index (κ2) is 5.96. The highest BCUT2D eigenvalue weighted by atomic mass is 16.1. The van der Waals surface area contributed by atoms with E-state index in [-0.39, 0.29) is 5.41 Å². The molecule has 0 aromatic rings. The molecule has 1 heterocycles. The van der Waals surface area contributed by atoms with Crippen molar-refractivity contribution in [2.45, 2.75) is 46.6 Å². The van der Waals surface area contributed by atoms with Crippen molar-refractivity contribution in [1.82, 2.24) is 9.80 Å². The highest BCUT2D eigenvalue weighted by molar-refractivity contribution is 5.85. The van der Waals surface area contributed by atoms with Crippen molar-refractivity contribution in [2.75, 3.05) is 33.2 Å². The van der Waals surface area contributed by atoms with Crippen LogP contribution in [-0.2, 0) is 4.79 Å². The van der Waals surface area contributed by atoms with Crippen LogP contribution >= 0.6 is 0 Å². The topological polar surface area (TPSA) is 23.6 Å². The van der Waals surface area contributed by atoms with E-state index in [9.17, 15) is 4.79 Å². The summed E-state index contributed by atoms with van der Waals surface area (Å²) >= 11 is 0. The molecule has 0 aromatic carbocycles. The molecule has 1 unspecified atom stereocenters. The Balaban J connectivity index is 2.39. The van der Waals surface area contributed by atoms with Gasteiger partial charge in [-0.15, -0.1) is 0 Å². The van der Waals surface area contributed by atoms with Crippen LogP contribution in [0.25, 0.3) is 0 Å². The standard InChI is InChI=1S/C14H28N2O/c1-6-16-9-7-8-12(16)10-15(5)11-13(17)14(2,3)4/h12H,6-11H2,1-5H3. The molecule has 17 heavy (non-hydrogen) atoms. The van der Waals surface area contributed by atoms with Gasteiger partial charge < -0.3 is 0 Å². The van der Waals surface area contributed by atoms with Crippen molar-refractivity contribution in [1.29, 1.82) is 0 Å². The Kier molecular flexibility index (Phi) is 5.14. The van der Waals surface area contributed by atoms with Gasteiger partial charge in [-0.3, -0.25) is 14.6 Å². The Morgan fingerprint density at radius 2 is 2.06 bits per heavy atom. The molecule has 0 spiro atoms. The number of likely N-dealkylation sites (tertiary alicyclic amines) is 1. The van der Waals surface area contributed by atoms with E-state index in [0.717, 1.165) is 13.1 Å². The molecule has 0 N–H and O–H groups in total. The maximum Gasteiger partial charge on any atom is 0.152 e. The van der Waals surface area contributed by atoms with Crippen molar-refractivity contribution in [2.24, 2.45) is 5.41 Å². The van der Waals surface area contributed by atoms with Crippen LogP contribution in [0, 0.1) is 5.41 Å². The summed E-state index contributed by atoms with van der Waals surface area (Å²) in [4.78, 5) is 16.7. The van der Waals surface area contributed by atoms with Gasteiger partial charge in [0.1, 0.15) is 0 Å². The van der Waals surface area contributed by atoms with Crippen molar-refractivity contribution < 1.29 is 4.79 Å². The fourth-order valence-electron chi connectivity index (χ4n) is 2.42. The van der Waals surface area contributed by atoms with E-state index >= 15 is 0 Å². The zero-order valence-electron chi connectivity index (χ0n) is 12.1. The van der Waals surface area contributed by atoms with Gasteiger partial charge in [0.15, 0.2) is 5.78 Å². The smallest absolute Gasteiger partial charge is 0.152 e. The average Bonchev–Trinajstić information content (AvgIpc) is 2.63. The van der Waals surface area contributed by atoms with Crippen LogP contribution in [0.2, 0.25) is 0 Å². The van der Waals surface area contributed by atoms with Gasteiger partial charge in [-0.2, -0.15) is 0 Å². The zero-order valence-corrected chi connectivity index (χ0v) is 12.1. The third-order valence-electron chi connectivity index (χ3n) is 3.68. The zero-order chi connectivity index (χ0) is 13.1. The Labute approximate surface area is 106 Å². The molecule has 0 saturated carbocycles. The molecule has 100 valence electrons. The van der Waals surface area contributed by atoms with Crippen molar-refractivity contribution in [3.8, 4) is 0 Å². The Morgan fingerprint density at radius 1 is 1.41 bits per heavy atom. The quantitative estimate of drug-likeness (QED) is 0.734. The lowest BCUT2D eigenvalue weighted by Crippen LogP contribution is -2.42. The summed E-state index contributed by atoms with van der Waals surface area (Å²) in [6.07, 6.45) is 2.58. The largest absolute Gasteiger partial charge is 0.299 e. The first-order chi connectivity index (χ1) is 7.84. The summed E-state index contributed by atoms with van der Waals surface area (Å²) in [6.45, 7) is 12.2. The van der Waals surface area contributed by atoms with Crippen LogP contribution in [-0.4, -0.2) is 54.9 Å². The first-order valence-corrected chi connectivity index (χ1v) is 6.80. The molecule has 1 atom stereocenters. The number of hydrogen-bond donors (Lipinski definition) is 0. The minimum atomic E-state index is -0.214. The lowest BCUT2D eigenvalue weighted by Gasteiger charge is -2.29. The normalized spacial score (nSPS) is 22.4. The molecule has 1 saturated heterocycles. The summed E-state index contributed by atoms with van der Waals surface area (Å²) in [7, 11) is 2.07. The van der Waals surface area contributed by atoms with Crippen LogP contribution in [0.15, 0.2) is 0 Å². The van der Waals surface area contributed by atoms with E-state index in [4.69, 9.17) is 0 Å². The van der Waals surface area contributed by atoms with Crippen molar-refractivity contribution in [3.63, 3.8) is 0 Å². The Morgan fingerprint density at radius 3 is 2.59 bits per heavy atom. The molecule has 1 rings (SSSR count). The molecule has 3 nitrogen and oxygen atoms in total. The lowest BCUT2D eigenvalue weighted by atomic mass is 9.90. The van der Waals surface area contributed by atoms with Crippen molar-refractivity contribution >= 4 is 5.78 Å². The van der Waals surface area contributed by atoms with Crippen LogP contribution in [0.1, 0.15) is 40.5 Å². The molecular weight excluding hydrogens is 212 g/mol. The van der Waals surface area contributed by atoms with Gasteiger partial charge in [0.2, 0.25) is 0 Å². The summed E-state index contributed by atoms with van der Waals surface area (Å²) in [6, 6.07) is 0.651. The van der Waals surface area contributed by atoms with Gasteiger partial charge in [-0.1, -0.05) is 27.7 Å². The maximum atomic E-state index is 11.9.